The molecule has 0 radical (unpaired) electrons. The zero-order valence-corrected chi connectivity index (χ0v) is 31.7. The summed E-state index contributed by atoms with van der Waals surface area (Å²) in [5, 5.41) is 23.8. The number of hydrogen-bond acceptors (Lipinski definition) is 7. The summed E-state index contributed by atoms with van der Waals surface area (Å²) in [6.45, 7) is 3.83. The van der Waals surface area contributed by atoms with E-state index in [1.165, 1.54) is 103 Å². The Balaban J connectivity index is 4.15. The van der Waals surface area contributed by atoms with Crippen molar-refractivity contribution >= 4 is 13.7 Å². The summed E-state index contributed by atoms with van der Waals surface area (Å²) in [5.74, 6) is -0.459. The van der Waals surface area contributed by atoms with Gasteiger partial charge in [-0.25, -0.2) is 4.57 Å². The van der Waals surface area contributed by atoms with E-state index in [1.54, 1.807) is 12.2 Å². The number of unbranched alkanes of at least 4 members (excludes halogenated alkanes) is 20. The Morgan fingerprint density at radius 3 is 1.69 bits per heavy atom. The molecule has 4 atom stereocenters. The van der Waals surface area contributed by atoms with Gasteiger partial charge in [0.05, 0.1) is 37.9 Å². The summed E-state index contributed by atoms with van der Waals surface area (Å²) in [5.41, 5.74) is 5.32. The highest BCUT2D eigenvalue weighted by Gasteiger charge is 2.27. The number of rotatable bonds is 36. The highest BCUT2D eigenvalue weighted by atomic mass is 31.2. The van der Waals surface area contributed by atoms with Crippen molar-refractivity contribution in [2.24, 2.45) is 5.73 Å². The zero-order valence-electron chi connectivity index (χ0n) is 30.8. The van der Waals surface area contributed by atoms with Crippen molar-refractivity contribution in [3.63, 3.8) is 0 Å². The van der Waals surface area contributed by atoms with Gasteiger partial charge in [0.2, 0.25) is 5.91 Å². The van der Waals surface area contributed by atoms with Gasteiger partial charge in [0.25, 0.3) is 0 Å². The van der Waals surface area contributed by atoms with E-state index in [-0.39, 0.29) is 19.6 Å². The molecule has 0 aromatic carbocycles. The van der Waals surface area contributed by atoms with Crippen molar-refractivity contribution < 1.29 is 33.5 Å². The van der Waals surface area contributed by atoms with Gasteiger partial charge in [0, 0.05) is 6.54 Å². The molecule has 0 aromatic rings. The van der Waals surface area contributed by atoms with Crippen molar-refractivity contribution in [3.05, 3.63) is 24.3 Å². The van der Waals surface area contributed by atoms with Gasteiger partial charge in [-0.1, -0.05) is 167 Å². The molecule has 1 amide bonds. The lowest BCUT2D eigenvalue weighted by molar-refractivity contribution is -0.124. The van der Waals surface area contributed by atoms with E-state index < -0.39 is 38.6 Å². The Labute approximate surface area is 294 Å². The highest BCUT2D eigenvalue weighted by Crippen LogP contribution is 2.43. The summed E-state index contributed by atoms with van der Waals surface area (Å²) >= 11 is 0. The van der Waals surface area contributed by atoms with Gasteiger partial charge in [0.15, 0.2) is 0 Å². The molecule has 0 spiro atoms. The van der Waals surface area contributed by atoms with Gasteiger partial charge in [0.1, 0.15) is 0 Å². The molecule has 0 aliphatic rings. The Morgan fingerprint density at radius 2 is 1.19 bits per heavy atom. The molecule has 6 N–H and O–H groups in total. The summed E-state index contributed by atoms with van der Waals surface area (Å²) < 4.78 is 21.9. The quantitative estimate of drug-likeness (QED) is 0.0246. The van der Waals surface area contributed by atoms with Crippen molar-refractivity contribution in [1.29, 1.82) is 0 Å². The van der Waals surface area contributed by atoms with Gasteiger partial charge in [-0.3, -0.25) is 13.8 Å². The Kier molecular flexibility index (Phi) is 33.6. The van der Waals surface area contributed by atoms with E-state index in [0.29, 0.717) is 12.8 Å². The predicted molar refractivity (Wildman–Crippen MR) is 200 cm³/mol. The molecular weight excluding hydrogens is 627 g/mol. The summed E-state index contributed by atoms with van der Waals surface area (Å²) in [7, 11) is -4.39. The van der Waals surface area contributed by atoms with Gasteiger partial charge in [-0.15, -0.1) is 0 Å². The second-order valence-corrected chi connectivity index (χ2v) is 14.8. The van der Waals surface area contributed by atoms with Crippen LogP contribution in [-0.2, 0) is 18.4 Å². The summed E-state index contributed by atoms with van der Waals surface area (Å²) in [6, 6.07) is -0.992. The lowest BCUT2D eigenvalue weighted by atomic mass is 10.0. The third-order valence-electron chi connectivity index (χ3n) is 8.57. The highest BCUT2D eigenvalue weighted by molar-refractivity contribution is 7.47. The van der Waals surface area contributed by atoms with Crippen molar-refractivity contribution in [2.45, 2.75) is 193 Å². The molecule has 0 saturated carbocycles. The monoisotopic (exact) mass is 703 g/mol. The molecule has 0 aromatic heterocycles. The topological polar surface area (TPSA) is 151 Å². The SMILES string of the molecule is CCC/C=C/CC/C=C/C(O)C(COP(=O)(O)OCCN)NC(=O)CC(O)CCCCCCCCCCCCCCCCCCCCC. The van der Waals surface area contributed by atoms with Crippen LogP contribution < -0.4 is 11.1 Å². The van der Waals surface area contributed by atoms with Gasteiger partial charge < -0.3 is 26.2 Å². The summed E-state index contributed by atoms with van der Waals surface area (Å²) in [4.78, 5) is 22.5. The lowest BCUT2D eigenvalue weighted by Crippen LogP contribution is -2.46. The first-order chi connectivity index (χ1) is 23.3. The summed E-state index contributed by atoms with van der Waals surface area (Å²) in [6.07, 6.45) is 34.5. The van der Waals surface area contributed by atoms with Crippen LogP contribution in [0, 0.1) is 0 Å². The first kappa shape index (κ1) is 46.9. The van der Waals surface area contributed by atoms with Crippen LogP contribution in [0.1, 0.15) is 174 Å². The van der Waals surface area contributed by atoms with Crippen molar-refractivity contribution in [3.8, 4) is 0 Å². The number of nitrogens with two attached hydrogens (primary N) is 1. The van der Waals surface area contributed by atoms with E-state index in [2.05, 4.69) is 31.3 Å². The Hall–Kier alpha value is -1.06. The third-order valence-corrected chi connectivity index (χ3v) is 9.55. The average molecular weight is 703 g/mol. The molecule has 9 nitrogen and oxygen atoms in total. The fourth-order valence-electron chi connectivity index (χ4n) is 5.61. The fraction of sp³-hybridized carbons (Fsp3) is 0.868. The number of nitrogens with one attached hydrogen (secondary N) is 1. The molecule has 48 heavy (non-hydrogen) atoms. The third kappa shape index (κ3) is 32.2. The minimum Gasteiger partial charge on any atom is -0.393 e. The van der Waals surface area contributed by atoms with Crippen LogP contribution in [0.5, 0.6) is 0 Å². The number of aliphatic hydroxyl groups is 2. The number of carbonyl (C=O) groups excluding carboxylic acids is 1. The van der Waals surface area contributed by atoms with Crippen molar-refractivity contribution in [1.82, 2.24) is 5.32 Å². The average Bonchev–Trinajstić information content (AvgIpc) is 3.06. The molecular formula is C38H75N2O7P. The second-order valence-electron chi connectivity index (χ2n) is 13.3. The molecule has 0 rings (SSSR count). The number of hydrogen-bond donors (Lipinski definition) is 5. The smallest absolute Gasteiger partial charge is 0.393 e. The van der Waals surface area contributed by atoms with Gasteiger partial charge >= 0.3 is 7.82 Å². The maximum absolute atomic E-state index is 12.7. The van der Waals surface area contributed by atoms with E-state index in [4.69, 9.17) is 14.8 Å². The molecule has 0 bridgehead atoms. The normalized spacial score (nSPS) is 15.2. The van der Waals surface area contributed by atoms with E-state index >= 15 is 0 Å². The maximum Gasteiger partial charge on any atom is 0.472 e. The van der Waals surface area contributed by atoms with Crippen molar-refractivity contribution in [2.75, 3.05) is 19.8 Å². The van der Waals surface area contributed by atoms with Crippen LogP contribution in [0.15, 0.2) is 24.3 Å². The van der Waals surface area contributed by atoms with Gasteiger partial charge in [-0.2, -0.15) is 0 Å². The zero-order chi connectivity index (χ0) is 35.6. The van der Waals surface area contributed by atoms with E-state index in [1.807, 2.05) is 0 Å². The number of aliphatic hydroxyl groups excluding tert-OH is 2. The molecule has 0 heterocycles. The van der Waals surface area contributed by atoms with Crippen LogP contribution in [0.3, 0.4) is 0 Å². The van der Waals surface area contributed by atoms with Crippen LogP contribution in [0.4, 0.5) is 0 Å². The molecule has 284 valence electrons. The van der Waals surface area contributed by atoms with Crippen LogP contribution in [0.25, 0.3) is 0 Å². The predicted octanol–water partition coefficient (Wildman–Crippen LogP) is 9.19. The molecule has 0 aliphatic heterocycles. The van der Waals surface area contributed by atoms with Crippen LogP contribution in [-0.4, -0.2) is 59.0 Å². The maximum atomic E-state index is 12.7. The lowest BCUT2D eigenvalue weighted by Gasteiger charge is -2.24. The first-order valence-electron chi connectivity index (χ1n) is 19.5. The van der Waals surface area contributed by atoms with Crippen LogP contribution >= 0.6 is 7.82 Å². The number of carbonyl (C=O) groups is 1. The fourth-order valence-corrected chi connectivity index (χ4v) is 6.37. The minimum absolute atomic E-state index is 0.0452. The van der Waals surface area contributed by atoms with E-state index in [9.17, 15) is 24.5 Å². The Morgan fingerprint density at radius 1 is 0.708 bits per heavy atom. The number of amides is 1. The molecule has 10 heteroatoms. The minimum atomic E-state index is -4.39. The number of phosphoric ester groups is 1. The second kappa shape index (κ2) is 34.4. The number of phosphoric acid groups is 1. The van der Waals surface area contributed by atoms with E-state index in [0.717, 1.165) is 38.5 Å². The molecule has 0 saturated heterocycles. The number of allylic oxidation sites excluding steroid dienone is 3. The molecule has 0 fully saturated rings. The van der Waals surface area contributed by atoms with Crippen LogP contribution in [0.2, 0.25) is 0 Å². The largest absolute Gasteiger partial charge is 0.472 e. The first-order valence-corrected chi connectivity index (χ1v) is 21.0. The van der Waals surface area contributed by atoms with Gasteiger partial charge in [-0.05, 0) is 25.7 Å². The Bertz CT molecular complexity index is 827. The molecule has 4 unspecified atom stereocenters. The molecule has 0 aliphatic carbocycles. The standard InChI is InChI=1S/C38H75N2O7P/c1-3-5-7-9-11-12-13-14-15-16-17-18-19-20-21-22-24-25-27-29-35(41)33-38(43)40-36(34-47-48(44,45)46-32-31-39)37(42)30-28-26-23-10-8-6-4-2/h8,10,28,30,35-37,41-42H,3-7,9,11-27,29,31-34,39H2,1-2H3,(H,40,43)(H,44,45)/b10-8+,30-28+.